The van der Waals surface area contributed by atoms with Crippen molar-refractivity contribution in [2.24, 2.45) is 0 Å². The first-order valence-electron chi connectivity index (χ1n) is 9.96. The Morgan fingerprint density at radius 2 is 1.67 bits per heavy atom. The third-order valence-corrected chi connectivity index (χ3v) is 4.94. The first-order valence-corrected chi connectivity index (χ1v) is 10.3. The Hall–Kier alpha value is -4.10. The van der Waals surface area contributed by atoms with Crippen molar-refractivity contribution >= 4 is 23.2 Å². The lowest BCUT2D eigenvalue weighted by atomic mass is 10.1. The predicted molar refractivity (Wildman–Crippen MR) is 126 cm³/mol. The molecule has 0 aliphatic heterocycles. The average molecular weight is 462 g/mol. The second kappa shape index (κ2) is 10.0. The lowest BCUT2D eigenvalue weighted by Gasteiger charge is -2.11. The number of hydrogen-bond acceptors (Lipinski definition) is 6. The molecule has 0 saturated heterocycles. The molecule has 0 aliphatic rings. The van der Waals surface area contributed by atoms with Gasteiger partial charge in [0.25, 0.3) is 5.91 Å². The number of carbonyl (C=O) groups excluding carboxylic acids is 1. The summed E-state index contributed by atoms with van der Waals surface area (Å²) in [4.78, 5) is 21.7. The fraction of sp³-hybridized carbons (Fsp3) is 0.0800. The maximum Gasteiger partial charge on any atom is 0.255 e. The molecular weight excluding hydrogens is 442 g/mol. The fourth-order valence-electron chi connectivity index (χ4n) is 3.13. The molecule has 1 N–H and O–H groups in total. The quantitative estimate of drug-likeness (QED) is 0.371. The summed E-state index contributed by atoms with van der Waals surface area (Å²) in [7, 11) is 3.10. The number of amides is 1. The molecule has 0 saturated carbocycles. The lowest BCUT2D eigenvalue weighted by Crippen LogP contribution is -2.12. The van der Waals surface area contributed by atoms with Crippen LogP contribution in [0.4, 0.5) is 5.69 Å². The number of ether oxygens (including phenoxy) is 3. The van der Waals surface area contributed by atoms with E-state index >= 15 is 0 Å². The number of halogens is 1. The first-order chi connectivity index (χ1) is 16.1. The minimum atomic E-state index is -0.321. The van der Waals surface area contributed by atoms with Crippen molar-refractivity contribution < 1.29 is 19.0 Å². The molecule has 0 spiro atoms. The summed E-state index contributed by atoms with van der Waals surface area (Å²) < 4.78 is 16.5. The van der Waals surface area contributed by atoms with Gasteiger partial charge in [-0.1, -0.05) is 35.9 Å². The van der Waals surface area contributed by atoms with E-state index in [4.69, 9.17) is 25.8 Å². The number of rotatable bonds is 7. The number of nitrogens with one attached hydrogen (secondary N) is 1. The SMILES string of the molecule is COc1ccc(Cl)cc1NC(=O)c1cccc(-c2nccc(Oc3ccccc3OC)n2)c1. The third-order valence-electron chi connectivity index (χ3n) is 4.71. The van der Waals surface area contributed by atoms with Crippen molar-refractivity contribution in [2.75, 3.05) is 19.5 Å². The lowest BCUT2D eigenvalue weighted by molar-refractivity contribution is 0.102. The highest BCUT2D eigenvalue weighted by atomic mass is 35.5. The Kier molecular flexibility index (Phi) is 6.71. The Morgan fingerprint density at radius 3 is 2.45 bits per heavy atom. The number of nitrogens with zero attached hydrogens (tertiary/aromatic N) is 2. The van der Waals surface area contributed by atoms with E-state index in [1.807, 2.05) is 18.2 Å². The van der Waals surface area contributed by atoms with Gasteiger partial charge >= 0.3 is 0 Å². The number of para-hydroxylation sites is 2. The Balaban J connectivity index is 1.57. The highest BCUT2D eigenvalue weighted by molar-refractivity contribution is 6.31. The smallest absolute Gasteiger partial charge is 0.255 e. The molecule has 0 bridgehead atoms. The summed E-state index contributed by atoms with van der Waals surface area (Å²) in [6, 6.07) is 20.9. The van der Waals surface area contributed by atoms with Crippen LogP contribution in [0.15, 0.2) is 79.0 Å². The van der Waals surface area contributed by atoms with Crippen LogP contribution >= 0.6 is 11.6 Å². The van der Waals surface area contributed by atoms with Gasteiger partial charge in [-0.05, 0) is 42.5 Å². The Bertz CT molecular complexity index is 1300. The third kappa shape index (κ3) is 5.22. The van der Waals surface area contributed by atoms with Crippen molar-refractivity contribution in [3.8, 4) is 34.5 Å². The number of aromatic nitrogens is 2. The van der Waals surface area contributed by atoms with Gasteiger partial charge in [0.15, 0.2) is 17.3 Å². The highest BCUT2D eigenvalue weighted by Crippen LogP contribution is 2.31. The molecule has 0 atom stereocenters. The minimum absolute atomic E-state index is 0.321. The molecule has 166 valence electrons. The number of anilines is 1. The zero-order valence-corrected chi connectivity index (χ0v) is 18.7. The van der Waals surface area contributed by atoms with Gasteiger partial charge in [0, 0.05) is 28.4 Å². The van der Waals surface area contributed by atoms with Crippen LogP contribution in [-0.4, -0.2) is 30.1 Å². The van der Waals surface area contributed by atoms with Crippen LogP contribution < -0.4 is 19.5 Å². The molecule has 0 unspecified atom stereocenters. The largest absolute Gasteiger partial charge is 0.495 e. The van der Waals surface area contributed by atoms with Gasteiger partial charge in [-0.3, -0.25) is 4.79 Å². The number of methoxy groups -OCH3 is 2. The molecule has 4 rings (SSSR count). The Morgan fingerprint density at radius 1 is 0.879 bits per heavy atom. The molecule has 4 aromatic rings. The van der Waals surface area contributed by atoms with E-state index in [-0.39, 0.29) is 5.91 Å². The minimum Gasteiger partial charge on any atom is -0.495 e. The number of hydrogen-bond donors (Lipinski definition) is 1. The van der Waals surface area contributed by atoms with Crippen LogP contribution in [0.25, 0.3) is 11.4 Å². The van der Waals surface area contributed by atoms with E-state index in [1.165, 1.54) is 7.11 Å². The summed E-state index contributed by atoms with van der Waals surface area (Å²) >= 11 is 6.06. The summed E-state index contributed by atoms with van der Waals surface area (Å²) in [6.45, 7) is 0. The van der Waals surface area contributed by atoms with Crippen molar-refractivity contribution in [3.63, 3.8) is 0 Å². The van der Waals surface area contributed by atoms with Gasteiger partial charge in [-0.15, -0.1) is 0 Å². The van der Waals surface area contributed by atoms with E-state index in [0.29, 0.717) is 50.8 Å². The molecular formula is C25H20ClN3O4. The predicted octanol–water partition coefficient (Wildman–Crippen LogP) is 5.86. The van der Waals surface area contributed by atoms with Gasteiger partial charge in [0.05, 0.1) is 19.9 Å². The molecule has 33 heavy (non-hydrogen) atoms. The van der Waals surface area contributed by atoms with Crippen molar-refractivity contribution in [1.29, 1.82) is 0 Å². The molecule has 1 heterocycles. The molecule has 1 aromatic heterocycles. The molecule has 7 nitrogen and oxygen atoms in total. The average Bonchev–Trinajstić information content (AvgIpc) is 2.85. The van der Waals surface area contributed by atoms with Crippen molar-refractivity contribution in [1.82, 2.24) is 9.97 Å². The second-order valence-corrected chi connectivity index (χ2v) is 7.29. The summed E-state index contributed by atoms with van der Waals surface area (Å²) in [6.07, 6.45) is 1.59. The van der Waals surface area contributed by atoms with E-state index < -0.39 is 0 Å². The fourth-order valence-corrected chi connectivity index (χ4v) is 3.30. The molecule has 1 amide bonds. The van der Waals surface area contributed by atoms with E-state index in [2.05, 4.69) is 15.3 Å². The maximum atomic E-state index is 12.9. The molecule has 3 aromatic carbocycles. The maximum absolute atomic E-state index is 12.9. The number of carbonyl (C=O) groups is 1. The normalized spacial score (nSPS) is 10.4. The van der Waals surface area contributed by atoms with Crippen LogP contribution in [0.1, 0.15) is 10.4 Å². The van der Waals surface area contributed by atoms with Crippen LogP contribution in [0.5, 0.6) is 23.1 Å². The van der Waals surface area contributed by atoms with Crippen LogP contribution in [0.2, 0.25) is 5.02 Å². The van der Waals surface area contributed by atoms with Gasteiger partial charge in [0.1, 0.15) is 5.75 Å². The van der Waals surface area contributed by atoms with Crippen LogP contribution in [0, 0.1) is 0 Å². The first kappa shape index (κ1) is 22.1. The molecule has 0 fully saturated rings. The standard InChI is InChI=1S/C25H20ClN3O4/c1-31-20-11-10-18(26)15-19(20)28-25(30)17-7-5-6-16(14-17)24-27-13-12-23(29-24)33-22-9-4-3-8-21(22)32-2/h3-15H,1-2H3,(H,28,30). The van der Waals surface area contributed by atoms with Crippen molar-refractivity contribution in [2.45, 2.75) is 0 Å². The zero-order chi connectivity index (χ0) is 23.2. The second-order valence-electron chi connectivity index (χ2n) is 6.85. The number of benzene rings is 3. The monoisotopic (exact) mass is 461 g/mol. The van der Waals surface area contributed by atoms with Gasteiger partial charge in [0.2, 0.25) is 5.88 Å². The topological polar surface area (TPSA) is 82.6 Å². The Labute approximate surface area is 195 Å². The van der Waals surface area contributed by atoms with Crippen LogP contribution in [0.3, 0.4) is 0 Å². The highest BCUT2D eigenvalue weighted by Gasteiger charge is 2.13. The molecule has 0 radical (unpaired) electrons. The van der Waals surface area contributed by atoms with Crippen molar-refractivity contribution in [3.05, 3.63) is 89.6 Å². The summed E-state index contributed by atoms with van der Waals surface area (Å²) in [5.74, 6) is 2.08. The van der Waals surface area contributed by atoms with E-state index in [1.54, 1.807) is 67.9 Å². The molecule has 8 heteroatoms. The summed E-state index contributed by atoms with van der Waals surface area (Å²) in [5, 5.41) is 3.31. The van der Waals surface area contributed by atoms with Crippen LogP contribution in [-0.2, 0) is 0 Å². The summed E-state index contributed by atoms with van der Waals surface area (Å²) in [5.41, 5.74) is 1.56. The van der Waals surface area contributed by atoms with Gasteiger partial charge in [-0.2, -0.15) is 4.98 Å². The van der Waals surface area contributed by atoms with E-state index in [9.17, 15) is 4.79 Å². The zero-order valence-electron chi connectivity index (χ0n) is 17.9. The van der Waals surface area contributed by atoms with Gasteiger partial charge < -0.3 is 19.5 Å². The van der Waals surface area contributed by atoms with E-state index in [0.717, 1.165) is 0 Å². The molecule has 0 aliphatic carbocycles. The van der Waals surface area contributed by atoms with Gasteiger partial charge in [-0.25, -0.2) is 4.98 Å².